The number of alkyl halides is 3. The Balaban J connectivity index is 1.38. The highest BCUT2D eigenvalue weighted by molar-refractivity contribution is 7.91. The molecule has 1 aliphatic heterocycles. The number of carbonyl (C=O) groups excluding carboxylic acids is 1. The summed E-state index contributed by atoms with van der Waals surface area (Å²) in [6, 6.07) is -0.109. The van der Waals surface area contributed by atoms with Gasteiger partial charge in [0.25, 0.3) is 5.91 Å². The van der Waals surface area contributed by atoms with Crippen molar-refractivity contribution in [1.82, 2.24) is 14.9 Å². The fourth-order valence-corrected chi connectivity index (χ4v) is 7.48. The molecule has 12 heteroatoms. The van der Waals surface area contributed by atoms with Gasteiger partial charge in [-0.05, 0) is 49.9 Å². The van der Waals surface area contributed by atoms with Gasteiger partial charge in [0.05, 0.1) is 22.7 Å². The number of sulfone groups is 1. The lowest BCUT2D eigenvalue weighted by Gasteiger charge is -2.58. The van der Waals surface area contributed by atoms with E-state index in [-0.39, 0.29) is 48.4 Å². The third-order valence-electron chi connectivity index (χ3n) is 7.46. The molecule has 5 atom stereocenters. The first-order valence-electron chi connectivity index (χ1n) is 10.9. The van der Waals surface area contributed by atoms with Crippen molar-refractivity contribution in [3.05, 3.63) is 17.5 Å². The number of hydrogen-bond donors (Lipinski definition) is 2. The molecule has 5 fully saturated rings. The number of aromatic nitrogens is 2. The summed E-state index contributed by atoms with van der Waals surface area (Å²) in [6.45, 7) is -0.318. The Morgan fingerprint density at radius 2 is 1.78 bits per heavy atom. The van der Waals surface area contributed by atoms with Crippen LogP contribution in [-0.2, 0) is 16.0 Å². The minimum atomic E-state index is -4.87. The number of nitrogens with one attached hydrogen (secondary N) is 1. The van der Waals surface area contributed by atoms with Crippen LogP contribution in [0.1, 0.15) is 48.2 Å². The minimum absolute atomic E-state index is 0.109. The largest absolute Gasteiger partial charge is 0.434 e. The maximum absolute atomic E-state index is 13.8. The van der Waals surface area contributed by atoms with Gasteiger partial charge in [-0.1, -0.05) is 0 Å². The van der Waals surface area contributed by atoms with Crippen molar-refractivity contribution in [2.75, 3.05) is 29.9 Å². The van der Waals surface area contributed by atoms with Crippen LogP contribution >= 0.6 is 0 Å². The van der Waals surface area contributed by atoms with E-state index in [1.54, 1.807) is 0 Å². The number of amides is 1. The van der Waals surface area contributed by atoms with Crippen LogP contribution in [-0.4, -0.2) is 70.5 Å². The second-order valence-corrected chi connectivity index (χ2v) is 12.1. The zero-order valence-electron chi connectivity index (χ0n) is 17.3. The standard InChI is InChI=1S/C20H25F3N4O4S/c21-20(22,23)16-14(17(28)27-1-3-32(30,31)4-2-27)10-24-18(26-16)25-15-12-5-11-6-13(15)9-19(29,7-11)8-12/h10-13,15,29H,1-9H2,(H,24,25,26)/t11?,12-,13+,15+,19-. The number of nitrogens with zero attached hydrogens (tertiary/aromatic N) is 3. The normalized spacial score (nSPS) is 35.7. The second kappa shape index (κ2) is 7.28. The fourth-order valence-electron chi connectivity index (χ4n) is 6.28. The van der Waals surface area contributed by atoms with Crippen LogP contribution in [0.25, 0.3) is 0 Å². The summed E-state index contributed by atoms with van der Waals surface area (Å²) in [7, 11) is -3.28. The van der Waals surface area contributed by atoms with Crippen LogP contribution < -0.4 is 5.32 Å². The topological polar surface area (TPSA) is 112 Å². The molecule has 0 radical (unpaired) electrons. The van der Waals surface area contributed by atoms with Crippen molar-refractivity contribution in [3.63, 3.8) is 0 Å². The first kappa shape index (κ1) is 21.9. The Kier molecular flexibility index (Phi) is 4.97. The number of halogens is 3. The molecule has 4 aliphatic carbocycles. The molecule has 5 aliphatic rings. The summed E-state index contributed by atoms with van der Waals surface area (Å²) in [5, 5.41) is 13.8. The van der Waals surface area contributed by atoms with Gasteiger partial charge >= 0.3 is 6.18 Å². The van der Waals surface area contributed by atoms with Crippen molar-refractivity contribution in [2.45, 2.75) is 49.9 Å². The van der Waals surface area contributed by atoms with Gasteiger partial charge in [0.1, 0.15) is 0 Å². The maximum atomic E-state index is 13.8. The zero-order valence-corrected chi connectivity index (χ0v) is 18.1. The van der Waals surface area contributed by atoms with Crippen LogP contribution in [0, 0.1) is 17.8 Å². The van der Waals surface area contributed by atoms with Gasteiger partial charge < -0.3 is 15.3 Å². The lowest BCUT2D eigenvalue weighted by atomic mass is 9.52. The fraction of sp³-hybridized carbons (Fsp3) is 0.750. The molecular formula is C20H25F3N4O4S. The van der Waals surface area contributed by atoms with E-state index in [0.717, 1.165) is 30.4 Å². The number of carbonyl (C=O) groups is 1. The van der Waals surface area contributed by atoms with Crippen molar-refractivity contribution in [1.29, 1.82) is 0 Å². The molecule has 8 nitrogen and oxygen atoms in total. The van der Waals surface area contributed by atoms with E-state index in [4.69, 9.17) is 0 Å². The third kappa shape index (κ3) is 3.95. The summed E-state index contributed by atoms with van der Waals surface area (Å²) in [6.07, 6.45) is -0.0841. The molecule has 1 unspecified atom stereocenters. The average molecular weight is 475 g/mol. The number of anilines is 1. The number of rotatable bonds is 3. The van der Waals surface area contributed by atoms with Gasteiger partial charge in [0, 0.05) is 25.3 Å². The SMILES string of the molecule is O=C(c1cnc(N[C@H]2[C@@H]3CC4C[C@H]2C[C@@](O)(C4)C3)nc1C(F)(F)F)N1CCS(=O)(=O)CC1. The molecule has 1 amide bonds. The van der Waals surface area contributed by atoms with Gasteiger partial charge in [0.2, 0.25) is 5.95 Å². The number of aliphatic hydroxyl groups is 1. The molecule has 1 aromatic heterocycles. The molecule has 32 heavy (non-hydrogen) atoms. The lowest BCUT2D eigenvalue weighted by molar-refractivity contribution is -0.141. The average Bonchev–Trinajstić information content (AvgIpc) is 2.68. The van der Waals surface area contributed by atoms with Gasteiger partial charge in [0.15, 0.2) is 15.5 Å². The summed E-state index contributed by atoms with van der Waals surface area (Å²) in [5.41, 5.74) is -2.66. The summed E-state index contributed by atoms with van der Waals surface area (Å²) in [5.74, 6) is -0.899. The van der Waals surface area contributed by atoms with Crippen LogP contribution in [0.3, 0.4) is 0 Å². The summed E-state index contributed by atoms with van der Waals surface area (Å²) < 4.78 is 64.5. The van der Waals surface area contributed by atoms with Crippen molar-refractivity contribution in [3.8, 4) is 0 Å². The van der Waals surface area contributed by atoms with Gasteiger partial charge in [-0.2, -0.15) is 13.2 Å². The molecule has 2 heterocycles. The lowest BCUT2D eigenvalue weighted by Crippen LogP contribution is -2.59. The van der Waals surface area contributed by atoms with E-state index >= 15 is 0 Å². The van der Waals surface area contributed by atoms with Crippen molar-refractivity contribution in [2.24, 2.45) is 17.8 Å². The van der Waals surface area contributed by atoms with Gasteiger partial charge in [-0.3, -0.25) is 4.79 Å². The molecular weight excluding hydrogens is 449 g/mol. The predicted octanol–water partition coefficient (Wildman–Crippen LogP) is 1.72. The van der Waals surface area contributed by atoms with E-state index < -0.39 is 38.8 Å². The van der Waals surface area contributed by atoms with E-state index in [1.807, 2.05) is 0 Å². The molecule has 4 bridgehead atoms. The van der Waals surface area contributed by atoms with E-state index in [2.05, 4.69) is 15.3 Å². The highest BCUT2D eigenvalue weighted by Gasteiger charge is 2.55. The molecule has 0 aromatic carbocycles. The zero-order chi connectivity index (χ0) is 22.9. The van der Waals surface area contributed by atoms with Crippen LogP contribution in [0.15, 0.2) is 6.20 Å². The molecule has 6 rings (SSSR count). The maximum Gasteiger partial charge on any atom is 0.434 e. The molecule has 0 spiro atoms. The van der Waals surface area contributed by atoms with Crippen LogP contribution in [0.4, 0.5) is 19.1 Å². The highest BCUT2D eigenvalue weighted by Crippen LogP contribution is 2.56. The molecule has 1 saturated heterocycles. The molecule has 1 aromatic rings. The smallest absolute Gasteiger partial charge is 0.390 e. The quantitative estimate of drug-likeness (QED) is 0.686. The summed E-state index contributed by atoms with van der Waals surface area (Å²) in [4.78, 5) is 21.5. The van der Waals surface area contributed by atoms with Gasteiger partial charge in [-0.25, -0.2) is 18.4 Å². The van der Waals surface area contributed by atoms with E-state index in [1.165, 1.54) is 0 Å². The number of hydrogen-bond acceptors (Lipinski definition) is 7. The minimum Gasteiger partial charge on any atom is -0.390 e. The Bertz CT molecular complexity index is 1020. The third-order valence-corrected chi connectivity index (χ3v) is 9.07. The van der Waals surface area contributed by atoms with E-state index in [0.29, 0.717) is 18.8 Å². The van der Waals surface area contributed by atoms with Crippen LogP contribution in [0.2, 0.25) is 0 Å². The molecule has 4 saturated carbocycles. The van der Waals surface area contributed by atoms with Crippen LogP contribution in [0.5, 0.6) is 0 Å². The van der Waals surface area contributed by atoms with E-state index in [9.17, 15) is 31.5 Å². The monoisotopic (exact) mass is 474 g/mol. The van der Waals surface area contributed by atoms with Gasteiger partial charge in [-0.15, -0.1) is 0 Å². The summed E-state index contributed by atoms with van der Waals surface area (Å²) >= 11 is 0. The Morgan fingerprint density at radius 3 is 2.34 bits per heavy atom. The Hall–Kier alpha value is -1.95. The first-order chi connectivity index (χ1) is 14.9. The predicted molar refractivity (Wildman–Crippen MR) is 108 cm³/mol. The van der Waals surface area contributed by atoms with Crippen molar-refractivity contribution < 1.29 is 31.5 Å². The highest BCUT2D eigenvalue weighted by atomic mass is 32.2. The second-order valence-electron chi connectivity index (χ2n) is 9.76. The molecule has 176 valence electrons. The van der Waals surface area contributed by atoms with Crippen molar-refractivity contribution >= 4 is 21.7 Å². The Labute approximate surface area is 183 Å². The Morgan fingerprint density at radius 1 is 1.16 bits per heavy atom. The molecule has 2 N–H and O–H groups in total. The first-order valence-corrected chi connectivity index (χ1v) is 12.7.